The highest BCUT2D eigenvalue weighted by molar-refractivity contribution is 5.86. The van der Waals surface area contributed by atoms with Crippen molar-refractivity contribution in [2.75, 3.05) is 0 Å². The van der Waals surface area contributed by atoms with Gasteiger partial charge in [0.25, 0.3) is 0 Å². The molecule has 1 rings (SSSR count). The van der Waals surface area contributed by atoms with Crippen LogP contribution in [0.2, 0.25) is 0 Å². The fourth-order valence-corrected chi connectivity index (χ4v) is 0.784. The molecule has 1 N–H and O–H groups in total. The van der Waals surface area contributed by atoms with Crippen LogP contribution in [0, 0.1) is 5.92 Å². The quantitative estimate of drug-likeness (QED) is 0.456. The Morgan fingerprint density at radius 3 is 2.12 bits per heavy atom. The number of nitrogens with one attached hydrogen (secondary N) is 1. The van der Waals surface area contributed by atoms with Gasteiger partial charge in [-0.2, -0.15) is 0 Å². The van der Waals surface area contributed by atoms with Crippen LogP contribution in [0.4, 0.5) is 0 Å². The highest BCUT2D eigenvalue weighted by atomic mass is 16.2. The maximum Gasteiger partial charge on any atom is 0.225 e. The van der Waals surface area contributed by atoms with E-state index >= 15 is 0 Å². The van der Waals surface area contributed by atoms with Crippen molar-refractivity contribution in [2.45, 2.75) is 26.3 Å². The highest BCUT2D eigenvalue weighted by Crippen LogP contribution is 2.24. The zero-order valence-corrected chi connectivity index (χ0v) is 5.49. The summed E-state index contributed by atoms with van der Waals surface area (Å²) in [5.74, 6) is 0.373. The Hall–Kier alpha value is -0.530. The molecule has 0 aromatic heterocycles. The Morgan fingerprint density at radius 2 is 2.12 bits per heavy atom. The van der Waals surface area contributed by atoms with E-state index in [1.54, 1.807) is 0 Å². The molecule has 46 valence electrons. The van der Waals surface area contributed by atoms with Crippen molar-refractivity contribution < 1.29 is 4.79 Å². The van der Waals surface area contributed by atoms with E-state index in [0.29, 0.717) is 0 Å². The predicted octanol–water partition coefficient (Wildman–Crippen LogP) is 0.531. The fraction of sp³-hybridized carbons (Fsp3) is 0.833. The molecule has 0 radical (unpaired) electrons. The van der Waals surface area contributed by atoms with Gasteiger partial charge in [0.15, 0.2) is 0 Å². The lowest BCUT2D eigenvalue weighted by Crippen LogP contribution is -2.64. The van der Waals surface area contributed by atoms with E-state index in [1.165, 1.54) is 0 Å². The second-order valence-electron chi connectivity index (χ2n) is 2.93. The Balaban J connectivity index is 2.60. The van der Waals surface area contributed by atoms with Crippen molar-refractivity contribution in [1.82, 2.24) is 5.32 Å². The summed E-state index contributed by atoms with van der Waals surface area (Å²) in [4.78, 5) is 10.5. The van der Waals surface area contributed by atoms with Crippen LogP contribution >= 0.6 is 0 Å². The summed E-state index contributed by atoms with van der Waals surface area (Å²) < 4.78 is 0. The molecule has 1 heterocycles. The molecule has 2 heteroatoms. The molecular formula is C6H11NO. The fourth-order valence-electron chi connectivity index (χ4n) is 0.784. The van der Waals surface area contributed by atoms with E-state index in [0.717, 1.165) is 0 Å². The number of carbonyl (C=O) groups is 1. The highest BCUT2D eigenvalue weighted by Gasteiger charge is 2.42. The number of carbonyl (C=O) groups excluding carboxylic acids is 1. The molecule has 0 spiro atoms. The van der Waals surface area contributed by atoms with Gasteiger partial charge in [-0.05, 0) is 13.8 Å². The van der Waals surface area contributed by atoms with Crippen LogP contribution in [0.1, 0.15) is 20.8 Å². The summed E-state index contributed by atoms with van der Waals surface area (Å²) in [5.41, 5.74) is 0.0527. The van der Waals surface area contributed by atoms with Gasteiger partial charge in [0.05, 0.1) is 5.92 Å². The van der Waals surface area contributed by atoms with E-state index in [4.69, 9.17) is 0 Å². The Labute approximate surface area is 49.3 Å². The topological polar surface area (TPSA) is 29.1 Å². The van der Waals surface area contributed by atoms with Gasteiger partial charge in [0, 0.05) is 5.54 Å². The maximum absolute atomic E-state index is 10.5. The van der Waals surface area contributed by atoms with Crippen molar-refractivity contribution in [3.8, 4) is 0 Å². The third-order valence-corrected chi connectivity index (χ3v) is 1.92. The first-order chi connectivity index (χ1) is 3.54. The first-order valence-electron chi connectivity index (χ1n) is 2.86. The summed E-state index contributed by atoms with van der Waals surface area (Å²) in [6, 6.07) is 0. The first kappa shape index (κ1) is 5.60. The van der Waals surface area contributed by atoms with E-state index < -0.39 is 0 Å². The third-order valence-electron chi connectivity index (χ3n) is 1.92. The summed E-state index contributed by atoms with van der Waals surface area (Å²) in [7, 11) is 0. The SMILES string of the molecule is C[C@@H]1C(=O)NC1(C)C. The zero-order chi connectivity index (χ0) is 6.36. The van der Waals surface area contributed by atoms with Crippen LogP contribution in [-0.4, -0.2) is 11.4 Å². The Bertz CT molecular complexity index is 128. The largest absolute Gasteiger partial charge is 0.350 e. The molecule has 1 aliphatic heterocycles. The van der Waals surface area contributed by atoms with Gasteiger partial charge < -0.3 is 5.32 Å². The van der Waals surface area contributed by atoms with Gasteiger partial charge in [-0.25, -0.2) is 0 Å². The van der Waals surface area contributed by atoms with E-state index in [1.807, 2.05) is 20.8 Å². The normalized spacial score (nSPS) is 33.4. The van der Waals surface area contributed by atoms with E-state index in [-0.39, 0.29) is 17.4 Å². The van der Waals surface area contributed by atoms with Gasteiger partial charge in [0.2, 0.25) is 5.91 Å². The van der Waals surface area contributed by atoms with Gasteiger partial charge in [-0.1, -0.05) is 6.92 Å². The van der Waals surface area contributed by atoms with Gasteiger partial charge >= 0.3 is 0 Å². The van der Waals surface area contributed by atoms with Crippen molar-refractivity contribution in [3.63, 3.8) is 0 Å². The molecule has 1 aliphatic rings. The number of amides is 1. The molecule has 0 aliphatic carbocycles. The number of hydrogen-bond donors (Lipinski definition) is 1. The zero-order valence-electron chi connectivity index (χ0n) is 5.49. The molecule has 0 bridgehead atoms. The van der Waals surface area contributed by atoms with E-state index in [2.05, 4.69) is 5.32 Å². The lowest BCUT2D eigenvalue weighted by atomic mass is 9.80. The molecule has 0 unspecified atom stereocenters. The van der Waals surface area contributed by atoms with Crippen LogP contribution in [0.25, 0.3) is 0 Å². The molecule has 1 atom stereocenters. The monoisotopic (exact) mass is 113 g/mol. The summed E-state index contributed by atoms with van der Waals surface area (Å²) >= 11 is 0. The third kappa shape index (κ3) is 0.522. The second kappa shape index (κ2) is 1.24. The molecule has 0 saturated carbocycles. The van der Waals surface area contributed by atoms with Crippen molar-refractivity contribution in [3.05, 3.63) is 0 Å². The molecule has 1 amide bonds. The molecule has 1 fully saturated rings. The minimum atomic E-state index is 0.0527. The predicted molar refractivity (Wildman–Crippen MR) is 31.4 cm³/mol. The van der Waals surface area contributed by atoms with Crippen LogP contribution in [0.3, 0.4) is 0 Å². The lowest BCUT2D eigenvalue weighted by molar-refractivity contribution is -0.138. The van der Waals surface area contributed by atoms with E-state index in [9.17, 15) is 4.79 Å². The minimum absolute atomic E-state index is 0.0527. The van der Waals surface area contributed by atoms with Gasteiger partial charge in [-0.15, -0.1) is 0 Å². The number of β-lactam (4-membered cyclic amide) rings is 1. The van der Waals surface area contributed by atoms with Crippen molar-refractivity contribution in [2.24, 2.45) is 5.92 Å². The Morgan fingerprint density at radius 1 is 1.62 bits per heavy atom. The van der Waals surface area contributed by atoms with Crippen LogP contribution < -0.4 is 5.32 Å². The van der Waals surface area contributed by atoms with Crippen molar-refractivity contribution in [1.29, 1.82) is 0 Å². The molecule has 8 heavy (non-hydrogen) atoms. The average Bonchev–Trinajstić information content (AvgIpc) is 1.65. The molecule has 1 saturated heterocycles. The summed E-state index contributed by atoms with van der Waals surface area (Å²) in [6.45, 7) is 6.00. The summed E-state index contributed by atoms with van der Waals surface area (Å²) in [5, 5.41) is 2.79. The van der Waals surface area contributed by atoms with Crippen LogP contribution in [0.5, 0.6) is 0 Å². The molecule has 0 aromatic carbocycles. The van der Waals surface area contributed by atoms with Crippen LogP contribution in [-0.2, 0) is 4.79 Å². The molecular weight excluding hydrogens is 102 g/mol. The van der Waals surface area contributed by atoms with Gasteiger partial charge in [0.1, 0.15) is 0 Å². The van der Waals surface area contributed by atoms with Crippen LogP contribution in [0.15, 0.2) is 0 Å². The first-order valence-corrected chi connectivity index (χ1v) is 2.86. The molecule has 2 nitrogen and oxygen atoms in total. The Kier molecular flexibility index (Phi) is 0.872. The van der Waals surface area contributed by atoms with Gasteiger partial charge in [-0.3, -0.25) is 4.79 Å². The van der Waals surface area contributed by atoms with Crippen molar-refractivity contribution >= 4 is 5.91 Å². The number of rotatable bonds is 0. The summed E-state index contributed by atoms with van der Waals surface area (Å²) in [6.07, 6.45) is 0. The lowest BCUT2D eigenvalue weighted by Gasteiger charge is -2.42. The second-order valence-corrected chi connectivity index (χ2v) is 2.93. The number of hydrogen-bond acceptors (Lipinski definition) is 1. The average molecular weight is 113 g/mol. The molecule has 0 aromatic rings. The maximum atomic E-state index is 10.5. The standard InChI is InChI=1S/C6H11NO/c1-4-5(8)7-6(4,2)3/h4H,1-3H3,(H,7,8)/t4-/m1/s1. The minimum Gasteiger partial charge on any atom is -0.350 e. The smallest absolute Gasteiger partial charge is 0.225 e.